The summed E-state index contributed by atoms with van der Waals surface area (Å²) < 4.78 is 0. The first-order valence-electron chi connectivity index (χ1n) is 25.0. The second-order valence-electron chi connectivity index (χ2n) is 19.1. The molecule has 0 aliphatic heterocycles. The zero-order valence-electron chi connectivity index (χ0n) is 39.6. The number of hydrogen-bond acceptors (Lipinski definition) is 1. The molecule has 0 unspecified atom stereocenters. The van der Waals surface area contributed by atoms with E-state index in [1.165, 1.54) is 110 Å². The summed E-state index contributed by atoms with van der Waals surface area (Å²) in [6.07, 6.45) is 0. The molecule has 0 bridgehead atoms. The second kappa shape index (κ2) is 17.0. The van der Waals surface area contributed by atoms with E-state index < -0.39 is 5.41 Å². The van der Waals surface area contributed by atoms with Crippen LogP contribution in [-0.4, -0.2) is 0 Å². The Morgan fingerprint density at radius 1 is 0.250 bits per heavy atom. The highest BCUT2D eigenvalue weighted by molar-refractivity contribution is 6.25. The molecule has 0 aromatic heterocycles. The number of hydrogen-bond donors (Lipinski definition) is 0. The third-order valence-electron chi connectivity index (χ3n) is 15.3. The lowest BCUT2D eigenvalue weighted by Crippen LogP contribution is -2.28. The van der Waals surface area contributed by atoms with Crippen LogP contribution in [0, 0.1) is 0 Å². The topological polar surface area (TPSA) is 3.24 Å². The average Bonchev–Trinajstić information content (AvgIpc) is 3.77. The fourth-order valence-corrected chi connectivity index (χ4v) is 12.1. The van der Waals surface area contributed by atoms with Crippen molar-refractivity contribution in [3.8, 4) is 44.5 Å². The predicted molar refractivity (Wildman–Crippen MR) is 305 cm³/mol. The average molecular weight is 914 g/mol. The SMILES string of the molecule is c1ccc(C2(c3ccccc3)c3ccccc3-c3c(N(c4ccc(-c5cccc(-c6cccc7ccccc67)c5)cc4)c4ccc(-c5ccc6c7ccccc7c7ccccc7c6c5)cc4)cccc32)cc1. The highest BCUT2D eigenvalue weighted by Crippen LogP contribution is 2.59. The minimum Gasteiger partial charge on any atom is -0.310 e. The molecular weight excluding hydrogens is 867 g/mol. The van der Waals surface area contributed by atoms with Crippen molar-refractivity contribution in [1.29, 1.82) is 0 Å². The smallest absolute Gasteiger partial charge is 0.0714 e. The third-order valence-corrected chi connectivity index (χ3v) is 15.3. The van der Waals surface area contributed by atoms with Gasteiger partial charge in [-0.15, -0.1) is 0 Å². The summed E-state index contributed by atoms with van der Waals surface area (Å²) in [6.45, 7) is 0. The molecular formula is C71H47N. The molecule has 1 aliphatic rings. The van der Waals surface area contributed by atoms with Crippen LogP contribution in [0.1, 0.15) is 22.3 Å². The van der Waals surface area contributed by atoms with Crippen LogP contribution in [-0.2, 0) is 5.41 Å². The van der Waals surface area contributed by atoms with Crippen molar-refractivity contribution in [2.75, 3.05) is 4.90 Å². The highest BCUT2D eigenvalue weighted by Gasteiger charge is 2.47. The summed E-state index contributed by atoms with van der Waals surface area (Å²) in [4.78, 5) is 2.47. The van der Waals surface area contributed by atoms with Crippen LogP contribution in [0.15, 0.2) is 285 Å². The molecule has 13 aromatic carbocycles. The van der Waals surface area contributed by atoms with E-state index in [2.05, 4.69) is 290 Å². The zero-order valence-corrected chi connectivity index (χ0v) is 39.6. The van der Waals surface area contributed by atoms with Crippen molar-refractivity contribution in [2.45, 2.75) is 5.41 Å². The maximum Gasteiger partial charge on any atom is 0.0714 e. The molecule has 0 atom stereocenters. The van der Waals surface area contributed by atoms with E-state index in [1.807, 2.05) is 0 Å². The van der Waals surface area contributed by atoms with Gasteiger partial charge in [0.05, 0.1) is 11.1 Å². The molecule has 0 saturated heterocycles. The fraction of sp³-hybridized carbons (Fsp3) is 0.0141. The van der Waals surface area contributed by atoms with Gasteiger partial charge in [-0.1, -0.05) is 243 Å². The quantitative estimate of drug-likeness (QED) is 0.137. The van der Waals surface area contributed by atoms with Crippen molar-refractivity contribution in [2.24, 2.45) is 0 Å². The van der Waals surface area contributed by atoms with E-state index in [1.54, 1.807) is 0 Å². The Kier molecular flexibility index (Phi) is 9.82. The molecule has 1 heteroatoms. The zero-order chi connectivity index (χ0) is 47.6. The number of fused-ring (bicyclic) bond motifs is 10. The van der Waals surface area contributed by atoms with Crippen LogP contribution in [0.5, 0.6) is 0 Å². The minimum atomic E-state index is -0.523. The first-order chi connectivity index (χ1) is 35.7. The molecule has 0 spiro atoms. The Labute approximate surface area is 420 Å². The number of rotatable bonds is 8. The first-order valence-corrected chi connectivity index (χ1v) is 25.0. The minimum absolute atomic E-state index is 0.523. The van der Waals surface area contributed by atoms with Crippen LogP contribution in [0.3, 0.4) is 0 Å². The first kappa shape index (κ1) is 41.7. The lowest BCUT2D eigenvalue weighted by molar-refractivity contribution is 0.768. The van der Waals surface area contributed by atoms with Gasteiger partial charge in [0.25, 0.3) is 0 Å². The Bertz CT molecular complexity index is 4110. The molecule has 1 nitrogen and oxygen atoms in total. The van der Waals surface area contributed by atoms with Gasteiger partial charge in [0.1, 0.15) is 0 Å². The van der Waals surface area contributed by atoms with Gasteiger partial charge < -0.3 is 4.90 Å². The maximum absolute atomic E-state index is 2.47. The predicted octanol–water partition coefficient (Wildman–Crippen LogP) is 19.1. The van der Waals surface area contributed by atoms with Gasteiger partial charge >= 0.3 is 0 Å². The Morgan fingerprint density at radius 3 is 1.35 bits per heavy atom. The van der Waals surface area contributed by atoms with Crippen molar-refractivity contribution in [3.05, 3.63) is 307 Å². The van der Waals surface area contributed by atoms with E-state index >= 15 is 0 Å². The molecule has 0 radical (unpaired) electrons. The molecule has 0 heterocycles. The van der Waals surface area contributed by atoms with Crippen LogP contribution in [0.4, 0.5) is 17.1 Å². The summed E-state index contributed by atoms with van der Waals surface area (Å²) >= 11 is 0. The van der Waals surface area contributed by atoms with Crippen molar-refractivity contribution < 1.29 is 0 Å². The monoisotopic (exact) mass is 913 g/mol. The lowest BCUT2D eigenvalue weighted by Gasteiger charge is -2.34. The highest BCUT2D eigenvalue weighted by atomic mass is 15.1. The molecule has 0 saturated carbocycles. The van der Waals surface area contributed by atoms with Crippen LogP contribution in [0.2, 0.25) is 0 Å². The van der Waals surface area contributed by atoms with Crippen LogP contribution >= 0.6 is 0 Å². The standard InChI is InChI=1S/C71H47N/c1-3-22-54(23-4-1)71(55-24-5-2-6-25-55)67-33-14-13-31-65(67)70-68(71)34-17-35-69(70)72(56-41-36-48(37-42-56)51-20-15-21-53(46-51)59-32-16-19-50-18-7-8-26-58(50)59)57-43-38-49(39-44-57)52-40-45-64-62-29-10-9-27-60(62)61-28-11-12-30-63(61)66(64)47-52/h1-47H. The molecule has 0 N–H and O–H groups in total. The van der Waals surface area contributed by atoms with Gasteiger partial charge in [0.15, 0.2) is 0 Å². The van der Waals surface area contributed by atoms with Crippen molar-refractivity contribution >= 4 is 60.2 Å². The molecule has 336 valence electrons. The Balaban J connectivity index is 0.936. The summed E-state index contributed by atoms with van der Waals surface area (Å²) in [6, 6.07) is 105. The van der Waals surface area contributed by atoms with Gasteiger partial charge in [-0.2, -0.15) is 0 Å². The molecule has 0 amide bonds. The number of nitrogens with zero attached hydrogens (tertiary/aromatic N) is 1. The third kappa shape index (κ3) is 6.55. The van der Waals surface area contributed by atoms with Crippen molar-refractivity contribution in [1.82, 2.24) is 0 Å². The van der Waals surface area contributed by atoms with Crippen LogP contribution < -0.4 is 4.90 Å². The lowest BCUT2D eigenvalue weighted by atomic mass is 9.68. The normalized spacial score (nSPS) is 12.6. The molecule has 1 aliphatic carbocycles. The Morgan fingerprint density at radius 2 is 0.694 bits per heavy atom. The van der Waals surface area contributed by atoms with Gasteiger partial charge in [-0.05, 0) is 147 Å². The molecule has 72 heavy (non-hydrogen) atoms. The van der Waals surface area contributed by atoms with Gasteiger partial charge in [-0.3, -0.25) is 0 Å². The maximum atomic E-state index is 2.47. The molecule has 0 fully saturated rings. The van der Waals surface area contributed by atoms with Crippen molar-refractivity contribution in [3.63, 3.8) is 0 Å². The molecule has 14 rings (SSSR count). The van der Waals surface area contributed by atoms with Gasteiger partial charge in [0, 0.05) is 16.9 Å². The second-order valence-corrected chi connectivity index (χ2v) is 19.1. The largest absolute Gasteiger partial charge is 0.310 e. The Hall–Kier alpha value is -9.30. The van der Waals surface area contributed by atoms with Gasteiger partial charge in [0.2, 0.25) is 0 Å². The molecule has 13 aromatic rings. The number of benzene rings is 13. The fourth-order valence-electron chi connectivity index (χ4n) is 12.1. The summed E-state index contributed by atoms with van der Waals surface area (Å²) in [5.41, 5.74) is 17.5. The van der Waals surface area contributed by atoms with Crippen LogP contribution in [0.25, 0.3) is 87.6 Å². The summed E-state index contributed by atoms with van der Waals surface area (Å²) in [5, 5.41) is 10.2. The van der Waals surface area contributed by atoms with E-state index in [4.69, 9.17) is 0 Å². The van der Waals surface area contributed by atoms with Gasteiger partial charge in [-0.25, -0.2) is 0 Å². The van der Waals surface area contributed by atoms with E-state index in [-0.39, 0.29) is 0 Å². The van der Waals surface area contributed by atoms with E-state index in [9.17, 15) is 0 Å². The van der Waals surface area contributed by atoms with E-state index in [0.29, 0.717) is 0 Å². The summed E-state index contributed by atoms with van der Waals surface area (Å²) in [7, 11) is 0. The van der Waals surface area contributed by atoms with E-state index in [0.717, 1.165) is 17.1 Å². The summed E-state index contributed by atoms with van der Waals surface area (Å²) in [5.74, 6) is 0. The number of anilines is 3.